The quantitative estimate of drug-likeness (QED) is 0.779. The van der Waals surface area contributed by atoms with E-state index in [1.807, 2.05) is 32.0 Å². The third-order valence-electron chi connectivity index (χ3n) is 2.33. The molecule has 0 amide bonds. The minimum absolute atomic E-state index is 0.138. The Morgan fingerprint density at radius 2 is 2.21 bits per heavy atom. The molecule has 3 heteroatoms. The number of pyridine rings is 1. The Morgan fingerprint density at radius 1 is 1.50 bits per heavy atom. The number of ketones is 1. The summed E-state index contributed by atoms with van der Waals surface area (Å²) in [4.78, 5) is 15.9. The van der Waals surface area contributed by atoms with Gasteiger partial charge in [-0.1, -0.05) is 19.9 Å². The van der Waals surface area contributed by atoms with Gasteiger partial charge in [-0.3, -0.25) is 9.78 Å². The summed E-state index contributed by atoms with van der Waals surface area (Å²) in [6.45, 7) is 4.09. The van der Waals surface area contributed by atoms with E-state index in [1.165, 1.54) is 0 Å². The van der Waals surface area contributed by atoms with E-state index in [0.717, 1.165) is 5.69 Å². The van der Waals surface area contributed by atoms with E-state index in [0.29, 0.717) is 13.0 Å². The van der Waals surface area contributed by atoms with Gasteiger partial charge in [0.05, 0.1) is 0 Å². The molecule has 0 bridgehead atoms. The summed E-state index contributed by atoms with van der Waals surface area (Å²) in [5.41, 5.74) is 5.88. The van der Waals surface area contributed by atoms with Crippen molar-refractivity contribution in [3.8, 4) is 0 Å². The number of rotatable bonds is 4. The molecule has 1 heterocycles. The van der Waals surface area contributed by atoms with Gasteiger partial charge in [0.1, 0.15) is 5.78 Å². The standard InChI is InChI=1S/C11H16N2O/c1-11(2,8-12)10(14)7-9-5-3-4-6-13-9/h3-6H,7-8,12H2,1-2H3. The van der Waals surface area contributed by atoms with Crippen LogP contribution >= 0.6 is 0 Å². The van der Waals surface area contributed by atoms with Crippen LogP contribution in [0.25, 0.3) is 0 Å². The van der Waals surface area contributed by atoms with Crippen LogP contribution < -0.4 is 5.73 Å². The Bertz CT molecular complexity index is 306. The maximum absolute atomic E-state index is 11.7. The van der Waals surface area contributed by atoms with Crippen molar-refractivity contribution in [2.45, 2.75) is 20.3 Å². The first-order valence-corrected chi connectivity index (χ1v) is 4.69. The minimum atomic E-state index is -0.447. The van der Waals surface area contributed by atoms with Crippen molar-refractivity contribution in [2.24, 2.45) is 11.1 Å². The molecule has 0 unspecified atom stereocenters. The smallest absolute Gasteiger partial charge is 0.145 e. The second-order valence-corrected chi connectivity index (χ2v) is 4.01. The molecule has 0 saturated carbocycles. The molecule has 14 heavy (non-hydrogen) atoms. The largest absolute Gasteiger partial charge is 0.329 e. The third-order valence-corrected chi connectivity index (χ3v) is 2.33. The maximum atomic E-state index is 11.7. The molecule has 1 aromatic rings. The molecule has 0 aliphatic rings. The molecule has 76 valence electrons. The molecule has 1 aromatic heterocycles. The molecular formula is C11H16N2O. The molecule has 0 aliphatic heterocycles. The van der Waals surface area contributed by atoms with E-state index in [4.69, 9.17) is 5.73 Å². The van der Waals surface area contributed by atoms with Gasteiger partial charge in [-0.15, -0.1) is 0 Å². The topological polar surface area (TPSA) is 56.0 Å². The van der Waals surface area contributed by atoms with Gasteiger partial charge >= 0.3 is 0 Å². The van der Waals surface area contributed by atoms with E-state index >= 15 is 0 Å². The Labute approximate surface area is 84.3 Å². The number of aromatic nitrogens is 1. The highest BCUT2D eigenvalue weighted by Gasteiger charge is 2.25. The van der Waals surface area contributed by atoms with E-state index < -0.39 is 5.41 Å². The molecule has 0 aromatic carbocycles. The Kier molecular flexibility index (Phi) is 3.36. The monoisotopic (exact) mass is 192 g/mol. The maximum Gasteiger partial charge on any atom is 0.145 e. The van der Waals surface area contributed by atoms with Crippen LogP contribution in [0.15, 0.2) is 24.4 Å². The molecule has 0 saturated heterocycles. The van der Waals surface area contributed by atoms with Crippen molar-refractivity contribution < 1.29 is 4.79 Å². The second-order valence-electron chi connectivity index (χ2n) is 4.01. The van der Waals surface area contributed by atoms with Crippen molar-refractivity contribution in [3.63, 3.8) is 0 Å². The summed E-state index contributed by atoms with van der Waals surface area (Å²) < 4.78 is 0. The molecule has 0 spiro atoms. The number of carbonyl (C=O) groups excluding carboxylic acids is 1. The molecule has 0 atom stereocenters. The molecule has 1 rings (SSSR count). The number of nitrogens with two attached hydrogens (primary N) is 1. The fourth-order valence-electron chi connectivity index (χ4n) is 1.02. The predicted molar refractivity (Wildman–Crippen MR) is 55.8 cm³/mol. The summed E-state index contributed by atoms with van der Waals surface area (Å²) in [6, 6.07) is 5.57. The zero-order valence-electron chi connectivity index (χ0n) is 8.66. The van der Waals surface area contributed by atoms with E-state index in [-0.39, 0.29) is 5.78 Å². The zero-order chi connectivity index (χ0) is 10.6. The van der Waals surface area contributed by atoms with Gasteiger partial charge in [0.25, 0.3) is 0 Å². The van der Waals surface area contributed by atoms with Crippen LogP contribution in [0.4, 0.5) is 0 Å². The van der Waals surface area contributed by atoms with Crippen LogP contribution in [-0.2, 0) is 11.2 Å². The first-order valence-electron chi connectivity index (χ1n) is 4.69. The molecule has 0 aliphatic carbocycles. The highest BCUT2D eigenvalue weighted by atomic mass is 16.1. The molecule has 0 radical (unpaired) electrons. The lowest BCUT2D eigenvalue weighted by atomic mass is 9.86. The lowest BCUT2D eigenvalue weighted by molar-refractivity contribution is -0.126. The van der Waals surface area contributed by atoms with E-state index in [1.54, 1.807) is 6.20 Å². The fourth-order valence-corrected chi connectivity index (χ4v) is 1.02. The van der Waals surface area contributed by atoms with Crippen LogP contribution in [0.2, 0.25) is 0 Å². The van der Waals surface area contributed by atoms with E-state index in [2.05, 4.69) is 4.98 Å². The minimum Gasteiger partial charge on any atom is -0.329 e. The average Bonchev–Trinajstić information content (AvgIpc) is 2.19. The second kappa shape index (κ2) is 4.33. The van der Waals surface area contributed by atoms with Crippen molar-refractivity contribution in [1.29, 1.82) is 0 Å². The predicted octanol–water partition coefficient (Wildman–Crippen LogP) is 1.18. The van der Waals surface area contributed by atoms with Crippen LogP contribution in [0.1, 0.15) is 19.5 Å². The number of Topliss-reactive ketones (excluding diaryl/α,β-unsaturated/α-hetero) is 1. The van der Waals surface area contributed by atoms with E-state index in [9.17, 15) is 4.79 Å². The molecule has 2 N–H and O–H groups in total. The summed E-state index contributed by atoms with van der Waals surface area (Å²) in [7, 11) is 0. The van der Waals surface area contributed by atoms with Crippen molar-refractivity contribution in [3.05, 3.63) is 30.1 Å². The SMILES string of the molecule is CC(C)(CN)C(=O)Cc1ccccn1. The van der Waals surface area contributed by atoms with Crippen LogP contribution in [0.5, 0.6) is 0 Å². The van der Waals surface area contributed by atoms with Gasteiger partial charge in [-0.25, -0.2) is 0 Å². The lowest BCUT2D eigenvalue weighted by Crippen LogP contribution is -2.34. The average molecular weight is 192 g/mol. The van der Waals surface area contributed by atoms with Gasteiger partial charge < -0.3 is 5.73 Å². The van der Waals surface area contributed by atoms with Crippen LogP contribution in [0, 0.1) is 5.41 Å². The Morgan fingerprint density at radius 3 is 2.71 bits per heavy atom. The third kappa shape index (κ3) is 2.64. The van der Waals surface area contributed by atoms with Crippen LogP contribution in [-0.4, -0.2) is 17.3 Å². The van der Waals surface area contributed by atoms with Gasteiger partial charge in [0.2, 0.25) is 0 Å². The summed E-state index contributed by atoms with van der Waals surface area (Å²) >= 11 is 0. The van der Waals surface area contributed by atoms with Gasteiger partial charge in [0, 0.05) is 30.3 Å². The Hall–Kier alpha value is -1.22. The number of nitrogens with zero attached hydrogens (tertiary/aromatic N) is 1. The van der Waals surface area contributed by atoms with Gasteiger partial charge in [-0.05, 0) is 12.1 Å². The van der Waals surface area contributed by atoms with Gasteiger partial charge in [0.15, 0.2) is 0 Å². The van der Waals surface area contributed by atoms with Crippen LogP contribution in [0.3, 0.4) is 0 Å². The van der Waals surface area contributed by atoms with Gasteiger partial charge in [-0.2, -0.15) is 0 Å². The summed E-state index contributed by atoms with van der Waals surface area (Å²) in [5, 5.41) is 0. The summed E-state index contributed by atoms with van der Waals surface area (Å²) in [5.74, 6) is 0.138. The highest BCUT2D eigenvalue weighted by Crippen LogP contribution is 2.16. The zero-order valence-corrected chi connectivity index (χ0v) is 8.66. The highest BCUT2D eigenvalue weighted by molar-refractivity contribution is 5.85. The number of carbonyl (C=O) groups is 1. The number of hydrogen-bond donors (Lipinski definition) is 1. The Balaban J connectivity index is 2.67. The van der Waals surface area contributed by atoms with Crippen molar-refractivity contribution in [1.82, 2.24) is 4.98 Å². The molecule has 0 fully saturated rings. The summed E-state index contributed by atoms with van der Waals surface area (Å²) in [6.07, 6.45) is 2.06. The molecular weight excluding hydrogens is 176 g/mol. The fraction of sp³-hybridized carbons (Fsp3) is 0.455. The van der Waals surface area contributed by atoms with Crippen molar-refractivity contribution in [2.75, 3.05) is 6.54 Å². The number of hydrogen-bond acceptors (Lipinski definition) is 3. The van der Waals surface area contributed by atoms with Crippen molar-refractivity contribution >= 4 is 5.78 Å². The lowest BCUT2D eigenvalue weighted by Gasteiger charge is -2.20. The normalized spacial score (nSPS) is 11.4. The first-order chi connectivity index (χ1) is 6.56. The molecule has 3 nitrogen and oxygen atoms in total. The first kappa shape index (κ1) is 10.9.